The van der Waals surface area contributed by atoms with E-state index in [0.717, 1.165) is 10.7 Å². The van der Waals surface area contributed by atoms with E-state index in [-0.39, 0.29) is 18.2 Å². The van der Waals surface area contributed by atoms with Crippen molar-refractivity contribution in [3.8, 4) is 10.7 Å². The van der Waals surface area contributed by atoms with Crippen molar-refractivity contribution in [3.63, 3.8) is 0 Å². The third kappa shape index (κ3) is 4.27. The number of hydrogen-bond donors (Lipinski definition) is 2. The fourth-order valence-electron chi connectivity index (χ4n) is 2.21. The van der Waals surface area contributed by atoms with Crippen LogP contribution in [0.15, 0.2) is 54.0 Å². The van der Waals surface area contributed by atoms with Crippen LogP contribution in [0.1, 0.15) is 16.1 Å². The molecule has 3 aromatic rings. The van der Waals surface area contributed by atoms with E-state index in [9.17, 15) is 9.59 Å². The molecule has 0 saturated carbocycles. The monoisotopic (exact) mass is 352 g/mol. The number of amides is 2. The smallest absolute Gasteiger partial charge is 0.251 e. The molecule has 0 aliphatic heterocycles. The Morgan fingerprint density at radius 2 is 1.92 bits per heavy atom. The van der Waals surface area contributed by atoms with Crippen LogP contribution in [0, 0.1) is 0 Å². The van der Waals surface area contributed by atoms with E-state index in [2.05, 4.69) is 20.6 Å². The molecule has 1 aromatic carbocycles. The van der Waals surface area contributed by atoms with Crippen molar-refractivity contribution in [1.82, 2.24) is 15.3 Å². The topological polar surface area (TPSA) is 84.0 Å². The van der Waals surface area contributed by atoms with E-state index in [1.807, 2.05) is 23.6 Å². The first-order valence-electron chi connectivity index (χ1n) is 7.63. The van der Waals surface area contributed by atoms with Gasteiger partial charge in [-0.25, -0.2) is 4.98 Å². The summed E-state index contributed by atoms with van der Waals surface area (Å²) in [5.41, 5.74) is 2.67. The van der Waals surface area contributed by atoms with Crippen LogP contribution in [0.5, 0.6) is 0 Å². The molecule has 0 fully saturated rings. The number of rotatable bonds is 5. The average molecular weight is 352 g/mol. The zero-order chi connectivity index (χ0) is 17.6. The number of carbonyl (C=O) groups excluding carboxylic acids is 2. The normalized spacial score (nSPS) is 10.3. The van der Waals surface area contributed by atoms with E-state index in [1.165, 1.54) is 11.3 Å². The minimum Gasteiger partial charge on any atom is -0.355 e. The lowest BCUT2D eigenvalue weighted by atomic mass is 10.2. The molecule has 0 unspecified atom stereocenters. The van der Waals surface area contributed by atoms with Gasteiger partial charge in [0.05, 0.1) is 17.8 Å². The van der Waals surface area contributed by atoms with Crippen LogP contribution in [0.25, 0.3) is 10.7 Å². The number of benzene rings is 1. The Hall–Kier alpha value is -3.06. The summed E-state index contributed by atoms with van der Waals surface area (Å²) in [6, 6.07) is 12.4. The van der Waals surface area contributed by atoms with Crippen LogP contribution < -0.4 is 10.6 Å². The lowest BCUT2D eigenvalue weighted by molar-refractivity contribution is -0.115. The molecular formula is C18H16N4O2S. The zero-order valence-electron chi connectivity index (χ0n) is 13.5. The van der Waals surface area contributed by atoms with Gasteiger partial charge in [0.2, 0.25) is 5.91 Å². The quantitative estimate of drug-likeness (QED) is 0.739. The molecule has 7 heteroatoms. The summed E-state index contributed by atoms with van der Waals surface area (Å²) >= 11 is 1.46. The highest BCUT2D eigenvalue weighted by Gasteiger charge is 2.10. The maximum atomic E-state index is 12.2. The molecule has 3 rings (SSSR count). The first-order valence-corrected chi connectivity index (χ1v) is 8.51. The van der Waals surface area contributed by atoms with E-state index >= 15 is 0 Å². The van der Waals surface area contributed by atoms with Gasteiger partial charge in [0.25, 0.3) is 5.91 Å². The highest BCUT2D eigenvalue weighted by Crippen LogP contribution is 2.21. The summed E-state index contributed by atoms with van der Waals surface area (Å²) in [5.74, 6) is -0.326. The molecular weight excluding hydrogens is 336 g/mol. The summed E-state index contributed by atoms with van der Waals surface area (Å²) < 4.78 is 0. The highest BCUT2D eigenvalue weighted by atomic mass is 32.1. The van der Waals surface area contributed by atoms with Crippen LogP contribution in [0.4, 0.5) is 5.69 Å². The van der Waals surface area contributed by atoms with Crippen molar-refractivity contribution in [2.75, 3.05) is 12.4 Å². The maximum Gasteiger partial charge on any atom is 0.251 e. The van der Waals surface area contributed by atoms with Crippen LogP contribution in [0.3, 0.4) is 0 Å². The second-order valence-corrected chi connectivity index (χ2v) is 6.10. The summed E-state index contributed by atoms with van der Waals surface area (Å²) in [4.78, 5) is 32.4. The predicted molar refractivity (Wildman–Crippen MR) is 97.5 cm³/mol. The molecule has 126 valence electrons. The molecule has 0 aliphatic carbocycles. The van der Waals surface area contributed by atoms with Gasteiger partial charge in [0.15, 0.2) is 0 Å². The fraction of sp³-hybridized carbons (Fsp3) is 0.111. The first-order chi connectivity index (χ1) is 12.2. The number of anilines is 1. The molecule has 6 nitrogen and oxygen atoms in total. The Morgan fingerprint density at radius 3 is 2.60 bits per heavy atom. The molecule has 2 amide bonds. The maximum absolute atomic E-state index is 12.2. The third-order valence-electron chi connectivity index (χ3n) is 3.44. The van der Waals surface area contributed by atoms with Crippen molar-refractivity contribution in [1.29, 1.82) is 0 Å². The lowest BCUT2D eigenvalue weighted by Crippen LogP contribution is -2.18. The number of hydrogen-bond acceptors (Lipinski definition) is 5. The minimum absolute atomic E-state index is 0.162. The van der Waals surface area contributed by atoms with Gasteiger partial charge in [-0.1, -0.05) is 6.07 Å². The van der Waals surface area contributed by atoms with Crippen LogP contribution in [-0.2, 0) is 11.2 Å². The molecule has 0 radical (unpaired) electrons. The number of carbonyl (C=O) groups is 2. The van der Waals surface area contributed by atoms with Crippen molar-refractivity contribution in [3.05, 3.63) is 65.3 Å². The Bertz CT molecular complexity index is 876. The summed E-state index contributed by atoms with van der Waals surface area (Å²) in [6.45, 7) is 0. The van der Waals surface area contributed by atoms with E-state index in [4.69, 9.17) is 0 Å². The molecule has 2 N–H and O–H groups in total. The fourth-order valence-corrected chi connectivity index (χ4v) is 3.01. The van der Waals surface area contributed by atoms with E-state index < -0.39 is 0 Å². The van der Waals surface area contributed by atoms with Gasteiger partial charge in [-0.2, -0.15) is 0 Å². The van der Waals surface area contributed by atoms with E-state index in [0.29, 0.717) is 16.9 Å². The SMILES string of the molecule is CNC(=O)c1ccc(NC(=O)Cc2csc(-c3ccccn3)n2)cc1. The second kappa shape index (κ2) is 7.67. The Labute approximate surface area is 149 Å². The van der Waals surface area contributed by atoms with Gasteiger partial charge in [-0.3, -0.25) is 14.6 Å². The molecule has 0 spiro atoms. The summed E-state index contributed by atoms with van der Waals surface area (Å²) in [5, 5.41) is 8.00. The van der Waals surface area contributed by atoms with Crippen LogP contribution in [0.2, 0.25) is 0 Å². The molecule has 2 heterocycles. The number of nitrogens with one attached hydrogen (secondary N) is 2. The molecule has 0 saturated heterocycles. The number of nitrogens with zero attached hydrogens (tertiary/aromatic N) is 2. The van der Waals surface area contributed by atoms with Gasteiger partial charge in [-0.15, -0.1) is 11.3 Å². The standard InChI is InChI=1S/C18H16N4O2S/c1-19-17(24)12-5-7-13(8-6-12)21-16(23)10-14-11-25-18(22-14)15-4-2-3-9-20-15/h2-9,11H,10H2,1H3,(H,19,24)(H,21,23). The Morgan fingerprint density at radius 1 is 1.12 bits per heavy atom. The second-order valence-electron chi connectivity index (χ2n) is 5.24. The largest absolute Gasteiger partial charge is 0.355 e. The molecule has 2 aromatic heterocycles. The first kappa shape index (κ1) is 16.8. The van der Waals surface area contributed by atoms with Crippen molar-refractivity contribution in [2.24, 2.45) is 0 Å². The molecule has 0 bridgehead atoms. The van der Waals surface area contributed by atoms with Crippen LogP contribution >= 0.6 is 11.3 Å². The average Bonchev–Trinajstić information content (AvgIpc) is 3.10. The van der Waals surface area contributed by atoms with Gasteiger partial charge < -0.3 is 10.6 Å². The number of pyridine rings is 1. The molecule has 25 heavy (non-hydrogen) atoms. The number of thiazole rings is 1. The highest BCUT2D eigenvalue weighted by molar-refractivity contribution is 7.13. The summed E-state index contributed by atoms with van der Waals surface area (Å²) in [7, 11) is 1.57. The van der Waals surface area contributed by atoms with Gasteiger partial charge >= 0.3 is 0 Å². The zero-order valence-corrected chi connectivity index (χ0v) is 14.3. The minimum atomic E-state index is -0.164. The summed E-state index contributed by atoms with van der Waals surface area (Å²) in [6.07, 6.45) is 1.89. The van der Waals surface area contributed by atoms with Crippen molar-refractivity contribution in [2.45, 2.75) is 6.42 Å². The van der Waals surface area contributed by atoms with Crippen molar-refractivity contribution < 1.29 is 9.59 Å². The molecule has 0 atom stereocenters. The van der Waals surface area contributed by atoms with Crippen LogP contribution in [-0.4, -0.2) is 28.8 Å². The molecule has 0 aliphatic rings. The predicted octanol–water partition coefficient (Wildman–Crippen LogP) is 2.75. The van der Waals surface area contributed by atoms with E-state index in [1.54, 1.807) is 37.5 Å². The lowest BCUT2D eigenvalue weighted by Gasteiger charge is -2.05. The Balaban J connectivity index is 1.61. The van der Waals surface area contributed by atoms with Gasteiger partial charge in [-0.05, 0) is 36.4 Å². The van der Waals surface area contributed by atoms with Gasteiger partial charge in [0, 0.05) is 29.9 Å². The third-order valence-corrected chi connectivity index (χ3v) is 4.35. The Kier molecular flexibility index (Phi) is 5.15. The van der Waals surface area contributed by atoms with Crippen molar-refractivity contribution >= 4 is 28.8 Å². The number of aromatic nitrogens is 2. The van der Waals surface area contributed by atoms with Gasteiger partial charge in [0.1, 0.15) is 5.01 Å².